The molecule has 0 amide bonds. The maximum Gasteiger partial charge on any atom is 0.327 e. The number of ether oxygens (including phenoxy) is 3. The van der Waals surface area contributed by atoms with Crippen molar-refractivity contribution in [3.63, 3.8) is 0 Å². The molecule has 0 bridgehead atoms. The second kappa shape index (κ2) is 6.98. The average molecular weight is 289 g/mol. The van der Waals surface area contributed by atoms with Gasteiger partial charge < -0.3 is 14.2 Å². The first-order valence-corrected chi connectivity index (χ1v) is 7.01. The van der Waals surface area contributed by atoms with Crippen molar-refractivity contribution in [1.82, 2.24) is 0 Å². The van der Waals surface area contributed by atoms with Gasteiger partial charge in [0, 0.05) is 0 Å². The predicted octanol–water partition coefficient (Wildman–Crippen LogP) is 2.80. The summed E-state index contributed by atoms with van der Waals surface area (Å²) in [6, 6.07) is 7.05. The molecule has 0 aliphatic heterocycles. The van der Waals surface area contributed by atoms with Crippen molar-refractivity contribution < 1.29 is 19.0 Å². The zero-order chi connectivity index (χ0) is 15.2. The summed E-state index contributed by atoms with van der Waals surface area (Å²) in [5.74, 6) is -0.348. The lowest BCUT2D eigenvalue weighted by molar-refractivity contribution is -0.140. The number of carbonyl (C=O) groups is 1. The van der Waals surface area contributed by atoms with Crippen molar-refractivity contribution in [3.05, 3.63) is 23.8 Å². The molecule has 0 spiro atoms. The average Bonchev–Trinajstić information content (AvgIpc) is 3.01. The van der Waals surface area contributed by atoms with E-state index in [2.05, 4.69) is 4.74 Å². The fraction of sp³-hybridized carbons (Fsp3) is 0.500. The highest BCUT2D eigenvalue weighted by Gasteiger charge is 2.24. The number of rotatable bonds is 5. The van der Waals surface area contributed by atoms with Gasteiger partial charge in [0.15, 0.2) is 17.4 Å². The molecule has 5 heteroatoms. The third-order valence-electron chi connectivity index (χ3n) is 3.68. The highest BCUT2D eigenvalue weighted by atomic mass is 16.5. The lowest BCUT2D eigenvalue weighted by Gasteiger charge is -2.17. The highest BCUT2D eigenvalue weighted by Crippen LogP contribution is 2.34. The Bertz CT molecular complexity index is 544. The summed E-state index contributed by atoms with van der Waals surface area (Å²) < 4.78 is 15.9. The number of methoxy groups -OCH3 is 2. The van der Waals surface area contributed by atoms with Crippen LogP contribution in [0.1, 0.15) is 37.2 Å². The van der Waals surface area contributed by atoms with Gasteiger partial charge in [0.05, 0.1) is 26.4 Å². The van der Waals surface area contributed by atoms with E-state index in [1.54, 1.807) is 25.3 Å². The van der Waals surface area contributed by atoms with Gasteiger partial charge in [-0.3, -0.25) is 4.79 Å². The smallest absolute Gasteiger partial charge is 0.327 e. The number of hydrogen-bond acceptors (Lipinski definition) is 5. The SMILES string of the molecule is COC(=O)C(C#N)c1ccc(OC)c(OC2CCCC2)c1. The van der Waals surface area contributed by atoms with Crippen molar-refractivity contribution in [2.45, 2.75) is 37.7 Å². The van der Waals surface area contributed by atoms with Gasteiger partial charge in [-0.1, -0.05) is 6.07 Å². The Morgan fingerprint density at radius 1 is 1.29 bits per heavy atom. The van der Waals surface area contributed by atoms with Crippen LogP contribution in [0.3, 0.4) is 0 Å². The van der Waals surface area contributed by atoms with E-state index in [-0.39, 0.29) is 6.10 Å². The molecule has 1 aliphatic rings. The zero-order valence-corrected chi connectivity index (χ0v) is 12.3. The van der Waals surface area contributed by atoms with Gasteiger partial charge in [-0.05, 0) is 43.4 Å². The normalized spacial score (nSPS) is 16.0. The van der Waals surface area contributed by atoms with Gasteiger partial charge in [0.1, 0.15) is 0 Å². The van der Waals surface area contributed by atoms with E-state index in [0.29, 0.717) is 17.1 Å². The third kappa shape index (κ3) is 3.46. The molecule has 0 N–H and O–H groups in total. The number of nitriles is 1. The molecule has 5 nitrogen and oxygen atoms in total. The molecule has 1 saturated carbocycles. The minimum atomic E-state index is -0.952. The van der Waals surface area contributed by atoms with Crippen LogP contribution >= 0.6 is 0 Å². The largest absolute Gasteiger partial charge is 0.493 e. The van der Waals surface area contributed by atoms with Crippen LogP contribution in [0.25, 0.3) is 0 Å². The van der Waals surface area contributed by atoms with Crippen molar-refractivity contribution in [3.8, 4) is 17.6 Å². The molecule has 0 radical (unpaired) electrons. The molecular formula is C16H19NO4. The number of carbonyl (C=O) groups excluding carboxylic acids is 1. The summed E-state index contributed by atoms with van der Waals surface area (Å²) >= 11 is 0. The maximum absolute atomic E-state index is 11.6. The molecule has 0 heterocycles. The Morgan fingerprint density at radius 2 is 2.00 bits per heavy atom. The minimum absolute atomic E-state index is 0.174. The Balaban J connectivity index is 2.27. The predicted molar refractivity (Wildman–Crippen MR) is 76.2 cm³/mol. The lowest BCUT2D eigenvalue weighted by Crippen LogP contribution is -2.14. The summed E-state index contributed by atoms with van der Waals surface area (Å²) in [6.07, 6.45) is 4.54. The summed E-state index contributed by atoms with van der Waals surface area (Å²) in [4.78, 5) is 11.6. The third-order valence-corrected chi connectivity index (χ3v) is 3.68. The monoisotopic (exact) mass is 289 g/mol. The Morgan fingerprint density at radius 3 is 2.57 bits per heavy atom. The quantitative estimate of drug-likeness (QED) is 0.780. The van der Waals surface area contributed by atoms with Crippen LogP contribution in [-0.4, -0.2) is 26.3 Å². The van der Waals surface area contributed by atoms with Crippen LogP contribution in [0.4, 0.5) is 0 Å². The summed E-state index contributed by atoms with van der Waals surface area (Å²) in [7, 11) is 2.84. The maximum atomic E-state index is 11.6. The minimum Gasteiger partial charge on any atom is -0.493 e. The summed E-state index contributed by atoms with van der Waals surface area (Å²) in [6.45, 7) is 0. The fourth-order valence-corrected chi connectivity index (χ4v) is 2.53. The molecule has 1 atom stereocenters. The fourth-order valence-electron chi connectivity index (χ4n) is 2.53. The van der Waals surface area contributed by atoms with Crippen LogP contribution < -0.4 is 9.47 Å². The van der Waals surface area contributed by atoms with Gasteiger partial charge in [-0.2, -0.15) is 5.26 Å². The first-order valence-electron chi connectivity index (χ1n) is 7.01. The molecule has 112 valence electrons. The lowest BCUT2D eigenvalue weighted by atomic mass is 10.0. The molecule has 1 aliphatic carbocycles. The van der Waals surface area contributed by atoms with Crippen molar-refractivity contribution in [2.24, 2.45) is 0 Å². The molecular weight excluding hydrogens is 270 g/mol. The Hall–Kier alpha value is -2.22. The molecule has 2 rings (SSSR count). The van der Waals surface area contributed by atoms with E-state index in [9.17, 15) is 4.79 Å². The molecule has 0 saturated heterocycles. The number of esters is 1. The topological polar surface area (TPSA) is 68.6 Å². The second-order valence-electron chi connectivity index (χ2n) is 5.02. The van der Waals surface area contributed by atoms with Gasteiger partial charge >= 0.3 is 5.97 Å². The van der Waals surface area contributed by atoms with E-state index in [0.717, 1.165) is 25.7 Å². The van der Waals surface area contributed by atoms with Gasteiger partial charge in [-0.15, -0.1) is 0 Å². The highest BCUT2D eigenvalue weighted by molar-refractivity contribution is 5.81. The standard InChI is InChI=1S/C16H19NO4/c1-19-14-8-7-11(13(10-17)16(18)20-2)9-15(14)21-12-5-3-4-6-12/h7-9,12-13H,3-6H2,1-2H3. The van der Waals surface area contributed by atoms with E-state index < -0.39 is 11.9 Å². The van der Waals surface area contributed by atoms with Gasteiger partial charge in [-0.25, -0.2) is 0 Å². The molecule has 1 aromatic rings. The first-order chi connectivity index (χ1) is 10.2. The van der Waals surface area contributed by atoms with Crippen molar-refractivity contribution in [2.75, 3.05) is 14.2 Å². The van der Waals surface area contributed by atoms with E-state index in [1.165, 1.54) is 7.11 Å². The van der Waals surface area contributed by atoms with Crippen LogP contribution in [0.15, 0.2) is 18.2 Å². The molecule has 21 heavy (non-hydrogen) atoms. The van der Waals surface area contributed by atoms with E-state index >= 15 is 0 Å². The zero-order valence-electron chi connectivity index (χ0n) is 12.3. The number of benzene rings is 1. The van der Waals surface area contributed by atoms with Crippen LogP contribution in [-0.2, 0) is 9.53 Å². The second-order valence-corrected chi connectivity index (χ2v) is 5.02. The molecule has 1 aromatic carbocycles. The van der Waals surface area contributed by atoms with Crippen molar-refractivity contribution >= 4 is 5.97 Å². The molecule has 0 aromatic heterocycles. The van der Waals surface area contributed by atoms with Crippen LogP contribution in [0.5, 0.6) is 11.5 Å². The van der Waals surface area contributed by atoms with E-state index in [4.69, 9.17) is 14.7 Å². The van der Waals surface area contributed by atoms with Crippen molar-refractivity contribution in [1.29, 1.82) is 5.26 Å². The Kier molecular flexibility index (Phi) is 5.04. The van der Waals surface area contributed by atoms with Crippen LogP contribution in [0.2, 0.25) is 0 Å². The number of nitrogens with zero attached hydrogens (tertiary/aromatic N) is 1. The van der Waals surface area contributed by atoms with Gasteiger partial charge in [0.2, 0.25) is 0 Å². The Labute approximate surface area is 124 Å². The molecule has 1 fully saturated rings. The van der Waals surface area contributed by atoms with Crippen LogP contribution in [0, 0.1) is 11.3 Å². The summed E-state index contributed by atoms with van der Waals surface area (Å²) in [5.41, 5.74) is 0.554. The number of hydrogen-bond donors (Lipinski definition) is 0. The van der Waals surface area contributed by atoms with E-state index in [1.807, 2.05) is 6.07 Å². The summed E-state index contributed by atoms with van der Waals surface area (Å²) in [5, 5.41) is 9.16. The molecule has 1 unspecified atom stereocenters. The van der Waals surface area contributed by atoms with Gasteiger partial charge in [0.25, 0.3) is 0 Å². The first kappa shape index (κ1) is 15.2.